The van der Waals surface area contributed by atoms with Crippen molar-refractivity contribution in [3.05, 3.63) is 24.4 Å². The molecule has 9 heteroatoms. The van der Waals surface area contributed by atoms with E-state index in [0.717, 1.165) is 0 Å². The first-order chi connectivity index (χ1) is 7.58. The molecule has 8 nitrogen and oxygen atoms in total. The largest absolute Gasteiger partial charge is 0.266 e. The lowest BCUT2D eigenvalue weighted by atomic mass is 10.6. The molecule has 0 aliphatic carbocycles. The summed E-state index contributed by atoms with van der Waals surface area (Å²) in [6.45, 7) is 0.0438. The fourth-order valence-corrected chi connectivity index (χ4v) is 1.98. The van der Waals surface area contributed by atoms with Gasteiger partial charge in [-0.1, -0.05) is 0 Å². The summed E-state index contributed by atoms with van der Waals surface area (Å²) in [5, 5.41) is 9.91. The minimum absolute atomic E-state index is 0.0171. The van der Waals surface area contributed by atoms with Gasteiger partial charge in [-0.3, -0.25) is 9.78 Å². The molecule has 0 saturated carbocycles. The summed E-state index contributed by atoms with van der Waals surface area (Å²) in [5.74, 6) is 0.408. The van der Waals surface area contributed by atoms with Crippen molar-refractivity contribution in [2.24, 2.45) is 7.05 Å². The Hall–Kier alpha value is -1.74. The molecule has 0 aliphatic heterocycles. The lowest BCUT2D eigenvalue weighted by molar-refractivity contribution is 0.574. The van der Waals surface area contributed by atoms with Crippen molar-refractivity contribution in [1.29, 1.82) is 0 Å². The Bertz CT molecular complexity index is 557. The lowest BCUT2D eigenvalue weighted by Gasteiger charge is -2.00. The lowest BCUT2D eigenvalue weighted by Crippen LogP contribution is -2.24. The molecule has 0 bridgehead atoms. The fourth-order valence-electron chi connectivity index (χ4n) is 1.10. The van der Waals surface area contributed by atoms with Crippen LogP contribution in [-0.4, -0.2) is 33.4 Å². The Morgan fingerprint density at radius 1 is 1.56 bits per heavy atom. The maximum atomic E-state index is 11.6. The molecule has 0 aromatic carbocycles. The molecular formula is C7H10N6O2S. The van der Waals surface area contributed by atoms with Gasteiger partial charge < -0.3 is 0 Å². The standard InChI is InChI=1S/C7H10N6O2S/c1-13-5-8-6(12-13)4-10-16(14,15)7-2-3-9-11-7/h2-3,5,10H,4H2,1H3,(H,9,11). The maximum Gasteiger partial charge on any atom is 0.257 e. The molecular weight excluding hydrogens is 232 g/mol. The number of H-pyrrole nitrogens is 1. The molecule has 0 aliphatic rings. The topological polar surface area (TPSA) is 106 Å². The monoisotopic (exact) mass is 242 g/mol. The Labute approximate surface area is 91.8 Å². The van der Waals surface area contributed by atoms with Crippen LogP contribution in [0.2, 0.25) is 0 Å². The summed E-state index contributed by atoms with van der Waals surface area (Å²) in [4.78, 5) is 3.90. The van der Waals surface area contributed by atoms with Crippen molar-refractivity contribution in [3.63, 3.8) is 0 Å². The number of aromatic nitrogens is 5. The van der Waals surface area contributed by atoms with Gasteiger partial charge in [0.15, 0.2) is 10.9 Å². The van der Waals surface area contributed by atoms with Crippen molar-refractivity contribution in [2.75, 3.05) is 0 Å². The van der Waals surface area contributed by atoms with Gasteiger partial charge >= 0.3 is 0 Å². The van der Waals surface area contributed by atoms with Crippen LogP contribution in [0.1, 0.15) is 5.82 Å². The Morgan fingerprint density at radius 3 is 2.94 bits per heavy atom. The Balaban J connectivity index is 2.06. The summed E-state index contributed by atoms with van der Waals surface area (Å²) in [6.07, 6.45) is 2.87. The van der Waals surface area contributed by atoms with E-state index in [4.69, 9.17) is 0 Å². The number of rotatable bonds is 4. The van der Waals surface area contributed by atoms with Gasteiger partial charge in [-0.15, -0.1) is 0 Å². The molecule has 2 heterocycles. The van der Waals surface area contributed by atoms with Crippen LogP contribution in [0, 0.1) is 0 Å². The molecule has 0 atom stereocenters. The molecule has 2 rings (SSSR count). The first-order valence-corrected chi connectivity index (χ1v) is 5.90. The molecule has 0 saturated heterocycles. The summed E-state index contributed by atoms with van der Waals surface area (Å²) in [5.41, 5.74) is 0. The second-order valence-corrected chi connectivity index (χ2v) is 4.82. The maximum absolute atomic E-state index is 11.6. The highest BCUT2D eigenvalue weighted by molar-refractivity contribution is 7.89. The zero-order chi connectivity index (χ0) is 11.6. The van der Waals surface area contributed by atoms with E-state index in [9.17, 15) is 8.42 Å². The normalized spacial score (nSPS) is 11.8. The molecule has 0 amide bonds. The van der Waals surface area contributed by atoms with Crippen LogP contribution in [0.5, 0.6) is 0 Å². The minimum atomic E-state index is -3.56. The summed E-state index contributed by atoms with van der Waals surface area (Å²) < 4.78 is 27.1. The van der Waals surface area contributed by atoms with E-state index < -0.39 is 10.0 Å². The predicted molar refractivity (Wildman–Crippen MR) is 53.6 cm³/mol. The zero-order valence-corrected chi connectivity index (χ0v) is 9.27. The molecule has 86 valence electrons. The van der Waals surface area contributed by atoms with Gasteiger partial charge in [0.05, 0.1) is 12.7 Å². The smallest absolute Gasteiger partial charge is 0.257 e. The van der Waals surface area contributed by atoms with Crippen molar-refractivity contribution in [3.8, 4) is 0 Å². The van der Waals surface area contributed by atoms with Gasteiger partial charge in [0.2, 0.25) is 0 Å². The molecule has 0 spiro atoms. The predicted octanol–water partition coefficient (Wildman–Crippen LogP) is -0.983. The van der Waals surface area contributed by atoms with Crippen molar-refractivity contribution >= 4 is 10.0 Å². The Kier molecular flexibility index (Phi) is 2.71. The zero-order valence-electron chi connectivity index (χ0n) is 8.45. The first-order valence-electron chi connectivity index (χ1n) is 4.41. The van der Waals surface area contributed by atoms with E-state index in [1.165, 1.54) is 23.3 Å². The van der Waals surface area contributed by atoms with E-state index in [1.54, 1.807) is 7.05 Å². The number of hydrogen-bond donors (Lipinski definition) is 2. The Morgan fingerprint density at radius 2 is 2.38 bits per heavy atom. The molecule has 0 fully saturated rings. The van der Waals surface area contributed by atoms with Crippen LogP contribution in [0.3, 0.4) is 0 Å². The van der Waals surface area contributed by atoms with E-state index in [2.05, 4.69) is 25.0 Å². The average Bonchev–Trinajstić information content (AvgIpc) is 2.85. The third-order valence-corrected chi connectivity index (χ3v) is 3.16. The van der Waals surface area contributed by atoms with E-state index in [1.807, 2.05) is 0 Å². The van der Waals surface area contributed by atoms with Gasteiger partial charge in [0.25, 0.3) is 10.0 Å². The molecule has 0 radical (unpaired) electrons. The van der Waals surface area contributed by atoms with E-state index in [0.29, 0.717) is 5.82 Å². The van der Waals surface area contributed by atoms with E-state index in [-0.39, 0.29) is 11.6 Å². The summed E-state index contributed by atoms with van der Waals surface area (Å²) in [7, 11) is -1.85. The highest BCUT2D eigenvalue weighted by atomic mass is 32.2. The second kappa shape index (κ2) is 4.02. The molecule has 2 aromatic heterocycles. The van der Waals surface area contributed by atoms with Crippen LogP contribution in [0.4, 0.5) is 0 Å². The first kappa shape index (κ1) is 10.8. The second-order valence-electron chi connectivity index (χ2n) is 3.08. The average molecular weight is 242 g/mol. The van der Waals surface area contributed by atoms with Gasteiger partial charge in [-0.2, -0.15) is 10.2 Å². The molecule has 16 heavy (non-hydrogen) atoms. The number of aromatic amines is 1. The third-order valence-electron chi connectivity index (χ3n) is 1.83. The van der Waals surface area contributed by atoms with Crippen LogP contribution < -0.4 is 4.72 Å². The van der Waals surface area contributed by atoms with Crippen LogP contribution >= 0.6 is 0 Å². The molecule has 0 unspecified atom stereocenters. The van der Waals surface area contributed by atoms with Crippen LogP contribution in [0.25, 0.3) is 0 Å². The van der Waals surface area contributed by atoms with Gasteiger partial charge in [0.1, 0.15) is 6.33 Å². The number of hydrogen-bond acceptors (Lipinski definition) is 5. The quantitative estimate of drug-likeness (QED) is 0.716. The third kappa shape index (κ3) is 2.25. The summed E-state index contributed by atoms with van der Waals surface area (Å²) in [6, 6.07) is 1.37. The van der Waals surface area contributed by atoms with Gasteiger partial charge in [0, 0.05) is 7.05 Å². The van der Waals surface area contributed by atoms with Crippen LogP contribution in [0.15, 0.2) is 23.6 Å². The SMILES string of the molecule is Cn1cnc(CNS(=O)(=O)c2ccn[nH]2)n1. The number of sulfonamides is 1. The van der Waals surface area contributed by atoms with Crippen molar-refractivity contribution in [1.82, 2.24) is 29.7 Å². The molecule has 2 aromatic rings. The van der Waals surface area contributed by atoms with Crippen molar-refractivity contribution < 1.29 is 8.42 Å². The number of nitrogens with one attached hydrogen (secondary N) is 2. The highest BCUT2D eigenvalue weighted by Gasteiger charge is 2.15. The fraction of sp³-hybridized carbons (Fsp3) is 0.286. The number of nitrogens with zero attached hydrogens (tertiary/aromatic N) is 4. The molecule has 2 N–H and O–H groups in total. The van der Waals surface area contributed by atoms with Crippen LogP contribution in [-0.2, 0) is 23.6 Å². The van der Waals surface area contributed by atoms with Gasteiger partial charge in [-0.05, 0) is 6.07 Å². The van der Waals surface area contributed by atoms with Gasteiger partial charge in [-0.25, -0.2) is 18.1 Å². The number of aryl methyl sites for hydroxylation is 1. The van der Waals surface area contributed by atoms with Crippen molar-refractivity contribution in [2.45, 2.75) is 11.6 Å². The van der Waals surface area contributed by atoms with E-state index >= 15 is 0 Å². The minimum Gasteiger partial charge on any atom is -0.266 e. The summed E-state index contributed by atoms with van der Waals surface area (Å²) >= 11 is 0. The highest BCUT2D eigenvalue weighted by Crippen LogP contribution is 2.02.